The second kappa shape index (κ2) is 42.8. The Labute approximate surface area is 322 Å². The summed E-state index contributed by atoms with van der Waals surface area (Å²) in [5, 5.41) is 8.68. The lowest BCUT2D eigenvalue weighted by molar-refractivity contribution is -0.150. The fourth-order valence-corrected chi connectivity index (χ4v) is 6.25. The molecule has 0 saturated heterocycles. The van der Waals surface area contributed by atoms with Gasteiger partial charge in [0.1, 0.15) is 6.10 Å². The minimum absolute atomic E-state index is 0.00000195. The predicted molar refractivity (Wildman–Crippen MR) is 227 cm³/mol. The number of allylic oxidation sites excluding steroid dienone is 12. The van der Waals surface area contributed by atoms with Crippen LogP contribution in [0.5, 0.6) is 0 Å². The van der Waals surface area contributed by atoms with Crippen LogP contribution >= 0.6 is 0 Å². The Hall–Kier alpha value is -2.62. The van der Waals surface area contributed by atoms with Crippen LogP contribution in [0.1, 0.15) is 213 Å². The number of carbonyl (C=O) groups excluding carboxylic acids is 1. The van der Waals surface area contributed by atoms with Gasteiger partial charge in [0, 0.05) is 12.8 Å². The first kappa shape index (κ1) is 49.4. The molecule has 52 heavy (non-hydrogen) atoms. The van der Waals surface area contributed by atoms with E-state index in [1.807, 2.05) is 0 Å². The Bertz CT molecular complexity index is 953. The van der Waals surface area contributed by atoms with Gasteiger partial charge in [0.05, 0.1) is 0 Å². The zero-order chi connectivity index (χ0) is 37.8. The molecule has 298 valence electrons. The molecule has 0 heterocycles. The van der Waals surface area contributed by atoms with Crippen molar-refractivity contribution in [2.75, 3.05) is 0 Å². The molecule has 1 atom stereocenters. The lowest BCUT2D eigenvalue weighted by Gasteiger charge is -2.18. The van der Waals surface area contributed by atoms with E-state index in [2.05, 4.69) is 86.8 Å². The zero-order valence-corrected chi connectivity index (χ0v) is 34.1. The highest BCUT2D eigenvalue weighted by Gasteiger charge is 2.14. The normalized spacial score (nSPS) is 13.0. The van der Waals surface area contributed by atoms with Crippen LogP contribution in [0, 0.1) is 0 Å². The maximum Gasteiger partial charge on any atom is 0.306 e. The van der Waals surface area contributed by atoms with E-state index >= 15 is 0 Å². The van der Waals surface area contributed by atoms with Crippen LogP contribution in [-0.4, -0.2) is 23.1 Å². The van der Waals surface area contributed by atoms with Crippen molar-refractivity contribution in [2.24, 2.45) is 0 Å². The summed E-state index contributed by atoms with van der Waals surface area (Å²) in [6, 6.07) is 0. The highest BCUT2D eigenvalue weighted by atomic mass is 16.5. The van der Waals surface area contributed by atoms with E-state index in [-0.39, 0.29) is 12.1 Å². The standard InChI is InChI=1S/C48H82O4/c1-3-5-7-8-9-10-11-12-13-14-15-16-17-18-22-25-28-31-34-37-41-45-48(51)52-46(42-38-6-4-2)43-39-35-32-29-26-23-20-19-21-24-27-30-33-36-40-44-47(49)50/h5,7,9-10,12-13,15-16,18,22,28,31,46H,3-4,6,8,11,14,17,19-21,23-27,29-30,32-45H2,1-2H3,(H,49,50)/b7-5-,10-9-,13-12-,16-15-,22-18-,31-28-. The molecule has 1 N–H and O–H groups in total. The van der Waals surface area contributed by atoms with Crippen molar-refractivity contribution in [3.05, 3.63) is 72.9 Å². The molecule has 0 aromatic carbocycles. The van der Waals surface area contributed by atoms with Crippen LogP contribution in [0.25, 0.3) is 0 Å². The van der Waals surface area contributed by atoms with Crippen molar-refractivity contribution < 1.29 is 19.4 Å². The van der Waals surface area contributed by atoms with Crippen molar-refractivity contribution >= 4 is 11.9 Å². The third kappa shape index (κ3) is 41.8. The number of hydrogen-bond donors (Lipinski definition) is 1. The average molecular weight is 723 g/mol. The minimum Gasteiger partial charge on any atom is -0.481 e. The second-order valence-electron chi connectivity index (χ2n) is 14.5. The fourth-order valence-electron chi connectivity index (χ4n) is 6.25. The number of hydrogen-bond acceptors (Lipinski definition) is 3. The van der Waals surface area contributed by atoms with Gasteiger partial charge in [0.2, 0.25) is 0 Å². The van der Waals surface area contributed by atoms with Gasteiger partial charge in [-0.25, -0.2) is 0 Å². The second-order valence-corrected chi connectivity index (χ2v) is 14.5. The summed E-state index contributed by atoms with van der Waals surface area (Å²) in [7, 11) is 0. The molecule has 4 nitrogen and oxygen atoms in total. The first-order chi connectivity index (χ1) is 25.6. The third-order valence-electron chi connectivity index (χ3n) is 9.44. The van der Waals surface area contributed by atoms with Gasteiger partial charge < -0.3 is 9.84 Å². The van der Waals surface area contributed by atoms with E-state index in [1.165, 1.54) is 96.3 Å². The average Bonchev–Trinajstić information content (AvgIpc) is 3.13. The zero-order valence-electron chi connectivity index (χ0n) is 34.1. The van der Waals surface area contributed by atoms with E-state index in [9.17, 15) is 9.59 Å². The molecular formula is C48H82O4. The van der Waals surface area contributed by atoms with E-state index in [0.717, 1.165) is 89.9 Å². The largest absolute Gasteiger partial charge is 0.481 e. The monoisotopic (exact) mass is 723 g/mol. The quantitative estimate of drug-likeness (QED) is 0.0390. The van der Waals surface area contributed by atoms with E-state index in [4.69, 9.17) is 9.84 Å². The molecule has 0 aromatic heterocycles. The molecule has 0 rings (SSSR count). The Balaban J connectivity index is 3.82. The van der Waals surface area contributed by atoms with Crippen LogP contribution < -0.4 is 0 Å². The van der Waals surface area contributed by atoms with Crippen molar-refractivity contribution in [3.8, 4) is 0 Å². The SMILES string of the molecule is CC/C=C\C/C=C\C/C=C\C/C=C\C/C=C\C/C=C\CCCCC(=O)OC(CCCCC)CCCCCCCCCCCCCCCCCC(=O)O. The molecule has 0 spiro atoms. The topological polar surface area (TPSA) is 63.6 Å². The maximum absolute atomic E-state index is 12.6. The number of carboxylic acids is 1. The first-order valence-electron chi connectivity index (χ1n) is 21.9. The molecule has 0 fully saturated rings. The highest BCUT2D eigenvalue weighted by molar-refractivity contribution is 5.69. The summed E-state index contributed by atoms with van der Waals surface area (Å²) in [5.41, 5.74) is 0. The summed E-state index contributed by atoms with van der Waals surface area (Å²) in [6.07, 6.45) is 61.2. The summed E-state index contributed by atoms with van der Waals surface area (Å²) in [6.45, 7) is 4.39. The molecule has 0 aromatic rings. The minimum atomic E-state index is -0.667. The first-order valence-corrected chi connectivity index (χ1v) is 21.9. The van der Waals surface area contributed by atoms with Gasteiger partial charge in [-0.2, -0.15) is 0 Å². The molecule has 0 amide bonds. The Kier molecular flexibility index (Phi) is 40.6. The van der Waals surface area contributed by atoms with Crippen LogP contribution in [0.3, 0.4) is 0 Å². The summed E-state index contributed by atoms with van der Waals surface area (Å²) in [4.78, 5) is 23.1. The predicted octanol–water partition coefficient (Wildman–Crippen LogP) is 15.5. The van der Waals surface area contributed by atoms with E-state index in [1.54, 1.807) is 0 Å². The van der Waals surface area contributed by atoms with Crippen molar-refractivity contribution in [1.29, 1.82) is 0 Å². The Morgan fingerprint density at radius 3 is 1.23 bits per heavy atom. The molecule has 1 unspecified atom stereocenters. The molecule has 0 aliphatic rings. The molecule has 4 heteroatoms. The number of unbranched alkanes of at least 4 members (excludes halogenated alkanes) is 18. The maximum atomic E-state index is 12.6. The van der Waals surface area contributed by atoms with Gasteiger partial charge in [-0.1, -0.05) is 183 Å². The molecule has 0 radical (unpaired) electrons. The lowest BCUT2D eigenvalue weighted by Crippen LogP contribution is -2.18. The summed E-state index contributed by atoms with van der Waals surface area (Å²) in [5.74, 6) is -0.667. The lowest BCUT2D eigenvalue weighted by atomic mass is 10.0. The fraction of sp³-hybridized carbons (Fsp3) is 0.708. The molecule has 0 aliphatic heterocycles. The summed E-state index contributed by atoms with van der Waals surface area (Å²) >= 11 is 0. The van der Waals surface area contributed by atoms with Crippen molar-refractivity contribution in [1.82, 2.24) is 0 Å². The molecule has 0 bridgehead atoms. The van der Waals surface area contributed by atoms with Gasteiger partial charge in [-0.05, 0) is 89.9 Å². The summed E-state index contributed by atoms with van der Waals surface area (Å²) < 4.78 is 5.97. The number of esters is 1. The van der Waals surface area contributed by atoms with Crippen LogP contribution in [0.2, 0.25) is 0 Å². The smallest absolute Gasteiger partial charge is 0.306 e. The molecular weight excluding hydrogens is 641 g/mol. The van der Waals surface area contributed by atoms with Gasteiger partial charge in [-0.3, -0.25) is 9.59 Å². The Morgan fingerprint density at radius 1 is 0.442 bits per heavy atom. The van der Waals surface area contributed by atoms with Crippen LogP contribution in [0.4, 0.5) is 0 Å². The molecule has 0 saturated carbocycles. The van der Waals surface area contributed by atoms with Crippen LogP contribution in [0.15, 0.2) is 72.9 Å². The number of ether oxygens (including phenoxy) is 1. The van der Waals surface area contributed by atoms with Gasteiger partial charge in [0.25, 0.3) is 0 Å². The van der Waals surface area contributed by atoms with Gasteiger partial charge in [0.15, 0.2) is 0 Å². The molecule has 0 aliphatic carbocycles. The third-order valence-corrected chi connectivity index (χ3v) is 9.44. The Morgan fingerprint density at radius 2 is 0.808 bits per heavy atom. The van der Waals surface area contributed by atoms with Gasteiger partial charge in [-0.15, -0.1) is 0 Å². The number of carboxylic acid groups (broad SMARTS) is 1. The number of aliphatic carboxylic acids is 1. The number of carbonyl (C=O) groups is 2. The van der Waals surface area contributed by atoms with Gasteiger partial charge >= 0.3 is 11.9 Å². The van der Waals surface area contributed by atoms with Crippen LogP contribution in [-0.2, 0) is 14.3 Å². The van der Waals surface area contributed by atoms with E-state index in [0.29, 0.717) is 12.8 Å². The van der Waals surface area contributed by atoms with E-state index < -0.39 is 5.97 Å². The van der Waals surface area contributed by atoms with Crippen molar-refractivity contribution in [3.63, 3.8) is 0 Å². The van der Waals surface area contributed by atoms with Crippen molar-refractivity contribution in [2.45, 2.75) is 219 Å². The number of rotatable bonds is 39. The highest BCUT2D eigenvalue weighted by Crippen LogP contribution is 2.18.